The molecule has 0 saturated carbocycles. The normalized spacial score (nSPS) is 14.9. The lowest BCUT2D eigenvalue weighted by molar-refractivity contribution is -0.130. The Hall–Kier alpha value is -1.99. The van der Waals surface area contributed by atoms with Gasteiger partial charge in [0, 0.05) is 43.7 Å². The third-order valence-corrected chi connectivity index (χ3v) is 5.07. The van der Waals surface area contributed by atoms with Crippen LogP contribution in [0.1, 0.15) is 10.7 Å². The van der Waals surface area contributed by atoms with Gasteiger partial charge in [0.25, 0.3) is 0 Å². The molecule has 0 atom stereocenters. The van der Waals surface area contributed by atoms with Crippen LogP contribution in [0.3, 0.4) is 0 Å². The second-order valence-electron chi connectivity index (χ2n) is 5.79. The van der Waals surface area contributed by atoms with Crippen LogP contribution < -0.4 is 10.6 Å². The van der Waals surface area contributed by atoms with Crippen molar-refractivity contribution in [2.45, 2.75) is 12.8 Å². The largest absolute Gasteiger partial charge is 0.368 e. The minimum atomic E-state index is -0.232. The minimum absolute atomic E-state index is 0.110. The van der Waals surface area contributed by atoms with Gasteiger partial charge in [-0.2, -0.15) is 0 Å². The van der Waals surface area contributed by atoms with Gasteiger partial charge in [-0.1, -0.05) is 0 Å². The zero-order chi connectivity index (χ0) is 16.9. The molecule has 2 heterocycles. The molecule has 128 valence electrons. The molecule has 2 N–H and O–H groups in total. The van der Waals surface area contributed by atoms with E-state index in [0.29, 0.717) is 26.1 Å². The molecule has 1 aliphatic heterocycles. The zero-order valence-electron chi connectivity index (χ0n) is 13.4. The molecule has 1 aromatic heterocycles. The van der Waals surface area contributed by atoms with E-state index in [1.807, 2.05) is 10.3 Å². The highest BCUT2D eigenvalue weighted by Crippen LogP contribution is 2.18. The molecule has 5 nitrogen and oxygen atoms in total. The number of aromatic nitrogens is 1. The Kier molecular flexibility index (Phi) is 5.42. The number of nitrogens with two attached hydrogens (primary N) is 1. The average molecular weight is 348 g/mol. The third kappa shape index (κ3) is 4.10. The van der Waals surface area contributed by atoms with Gasteiger partial charge in [0.1, 0.15) is 5.82 Å². The fourth-order valence-electron chi connectivity index (χ4n) is 2.80. The van der Waals surface area contributed by atoms with E-state index in [0.717, 1.165) is 35.9 Å². The first-order valence-electron chi connectivity index (χ1n) is 8.07. The van der Waals surface area contributed by atoms with E-state index in [9.17, 15) is 9.18 Å². The third-order valence-electron chi connectivity index (χ3n) is 4.11. The fraction of sp³-hybridized carbons (Fsp3) is 0.412. The van der Waals surface area contributed by atoms with Crippen LogP contribution in [0.15, 0.2) is 29.6 Å². The average Bonchev–Trinajstić information content (AvgIpc) is 3.03. The number of amides is 1. The number of rotatable bonds is 5. The Morgan fingerprint density at radius 2 is 1.92 bits per heavy atom. The summed E-state index contributed by atoms with van der Waals surface area (Å²) in [4.78, 5) is 20.9. The SMILES string of the molecule is NCCc1nc(CC(=O)N2CCN(c3ccc(F)cc3)CC2)cs1. The lowest BCUT2D eigenvalue weighted by atomic mass is 10.2. The predicted octanol–water partition coefficient (Wildman–Crippen LogP) is 1.67. The molecule has 0 unspecified atom stereocenters. The molecule has 1 amide bonds. The number of halogens is 1. The zero-order valence-corrected chi connectivity index (χ0v) is 14.3. The summed E-state index contributed by atoms with van der Waals surface area (Å²) in [5.74, 6) is -0.122. The first-order valence-corrected chi connectivity index (χ1v) is 8.95. The number of nitrogens with zero attached hydrogens (tertiary/aromatic N) is 3. The number of anilines is 1. The lowest BCUT2D eigenvalue weighted by Gasteiger charge is -2.36. The van der Waals surface area contributed by atoms with Crippen LogP contribution >= 0.6 is 11.3 Å². The van der Waals surface area contributed by atoms with Crippen LogP contribution in [0.4, 0.5) is 10.1 Å². The summed E-state index contributed by atoms with van der Waals surface area (Å²) < 4.78 is 13.0. The van der Waals surface area contributed by atoms with E-state index < -0.39 is 0 Å². The molecular weight excluding hydrogens is 327 g/mol. The van der Waals surface area contributed by atoms with Crippen LogP contribution in [0.5, 0.6) is 0 Å². The minimum Gasteiger partial charge on any atom is -0.368 e. The van der Waals surface area contributed by atoms with E-state index >= 15 is 0 Å². The highest BCUT2D eigenvalue weighted by Gasteiger charge is 2.22. The topological polar surface area (TPSA) is 62.5 Å². The summed E-state index contributed by atoms with van der Waals surface area (Å²) in [5, 5.41) is 2.93. The van der Waals surface area contributed by atoms with Crippen molar-refractivity contribution in [3.8, 4) is 0 Å². The Labute approximate surface area is 144 Å². The smallest absolute Gasteiger partial charge is 0.228 e. The van der Waals surface area contributed by atoms with Crippen LogP contribution in [-0.2, 0) is 17.6 Å². The second kappa shape index (κ2) is 7.72. The molecule has 0 bridgehead atoms. The molecular formula is C17H21FN4OS. The number of carbonyl (C=O) groups is 1. The van der Waals surface area contributed by atoms with Gasteiger partial charge in [-0.3, -0.25) is 4.79 Å². The fourth-order valence-corrected chi connectivity index (χ4v) is 3.61. The van der Waals surface area contributed by atoms with Crippen molar-refractivity contribution in [2.75, 3.05) is 37.6 Å². The van der Waals surface area contributed by atoms with Crippen LogP contribution in [-0.4, -0.2) is 48.5 Å². The Morgan fingerprint density at radius 3 is 2.58 bits per heavy atom. The van der Waals surface area contributed by atoms with Gasteiger partial charge >= 0.3 is 0 Å². The summed E-state index contributed by atoms with van der Waals surface area (Å²) in [6, 6.07) is 6.49. The van der Waals surface area contributed by atoms with Gasteiger partial charge in [0.15, 0.2) is 0 Å². The maximum atomic E-state index is 13.0. The molecule has 7 heteroatoms. The van der Waals surface area contributed by atoms with Crippen molar-refractivity contribution < 1.29 is 9.18 Å². The maximum Gasteiger partial charge on any atom is 0.228 e. The molecule has 0 radical (unpaired) electrons. The molecule has 0 aliphatic carbocycles. The number of carbonyl (C=O) groups excluding carboxylic acids is 1. The molecule has 1 aromatic carbocycles. The van der Waals surface area contributed by atoms with Crippen molar-refractivity contribution in [3.63, 3.8) is 0 Å². The first-order chi connectivity index (χ1) is 11.7. The number of thiazole rings is 1. The van der Waals surface area contributed by atoms with E-state index in [2.05, 4.69) is 9.88 Å². The Bertz CT molecular complexity index is 680. The highest BCUT2D eigenvalue weighted by atomic mass is 32.1. The van der Waals surface area contributed by atoms with Gasteiger partial charge in [0.05, 0.1) is 17.1 Å². The Balaban J connectivity index is 1.52. The Morgan fingerprint density at radius 1 is 1.21 bits per heavy atom. The lowest BCUT2D eigenvalue weighted by Crippen LogP contribution is -2.49. The van der Waals surface area contributed by atoms with Crippen LogP contribution in [0, 0.1) is 5.82 Å². The number of hydrogen-bond acceptors (Lipinski definition) is 5. The van der Waals surface area contributed by atoms with Crippen molar-refractivity contribution in [1.82, 2.24) is 9.88 Å². The number of benzene rings is 1. The summed E-state index contributed by atoms with van der Waals surface area (Å²) in [6.07, 6.45) is 1.10. The predicted molar refractivity (Wildman–Crippen MR) is 93.8 cm³/mol. The van der Waals surface area contributed by atoms with Crippen molar-refractivity contribution in [2.24, 2.45) is 5.73 Å². The molecule has 24 heavy (non-hydrogen) atoms. The standard InChI is InChI=1S/C17H21FN4OS/c18-13-1-3-15(4-2-13)21-7-9-22(10-8-21)17(23)11-14-12-24-16(20-14)5-6-19/h1-4,12H,5-11,19H2. The van der Waals surface area contributed by atoms with Crippen LogP contribution in [0.25, 0.3) is 0 Å². The van der Waals surface area contributed by atoms with Gasteiger partial charge in [-0.05, 0) is 30.8 Å². The summed E-state index contributed by atoms with van der Waals surface area (Å²) in [5.41, 5.74) is 7.35. The highest BCUT2D eigenvalue weighted by molar-refractivity contribution is 7.09. The molecule has 1 aliphatic rings. The molecule has 1 fully saturated rings. The number of piperazine rings is 1. The van der Waals surface area contributed by atoms with Gasteiger partial charge in [-0.15, -0.1) is 11.3 Å². The molecule has 3 rings (SSSR count). The van der Waals surface area contributed by atoms with Gasteiger partial charge in [-0.25, -0.2) is 9.37 Å². The summed E-state index contributed by atoms with van der Waals surface area (Å²) in [6.45, 7) is 3.44. The van der Waals surface area contributed by atoms with Gasteiger partial charge in [0.2, 0.25) is 5.91 Å². The van der Waals surface area contributed by atoms with E-state index in [4.69, 9.17) is 5.73 Å². The molecule has 2 aromatic rings. The van der Waals surface area contributed by atoms with Crippen LogP contribution in [0.2, 0.25) is 0 Å². The van der Waals surface area contributed by atoms with E-state index in [-0.39, 0.29) is 11.7 Å². The quantitative estimate of drug-likeness (QED) is 0.893. The monoisotopic (exact) mass is 348 g/mol. The summed E-state index contributed by atoms with van der Waals surface area (Å²) >= 11 is 1.56. The maximum absolute atomic E-state index is 13.0. The number of hydrogen-bond donors (Lipinski definition) is 1. The summed E-state index contributed by atoms with van der Waals surface area (Å²) in [7, 11) is 0. The van der Waals surface area contributed by atoms with E-state index in [1.54, 1.807) is 23.5 Å². The first kappa shape index (κ1) is 16.9. The molecule has 0 spiro atoms. The second-order valence-corrected chi connectivity index (χ2v) is 6.73. The molecule has 1 saturated heterocycles. The van der Waals surface area contributed by atoms with Gasteiger partial charge < -0.3 is 15.5 Å². The van der Waals surface area contributed by atoms with E-state index in [1.165, 1.54) is 12.1 Å². The van der Waals surface area contributed by atoms with Crippen molar-refractivity contribution in [3.05, 3.63) is 46.2 Å². The van der Waals surface area contributed by atoms with Crippen molar-refractivity contribution >= 4 is 22.9 Å². The van der Waals surface area contributed by atoms with Crippen molar-refractivity contribution in [1.29, 1.82) is 0 Å².